The molecule has 1 atom stereocenters. The van der Waals surface area contributed by atoms with Gasteiger partial charge in [-0.15, -0.1) is 0 Å². The Morgan fingerprint density at radius 2 is 2.05 bits per heavy atom. The van der Waals surface area contributed by atoms with Gasteiger partial charge in [-0.25, -0.2) is 0 Å². The molecule has 1 fully saturated rings. The van der Waals surface area contributed by atoms with Gasteiger partial charge in [0.15, 0.2) is 0 Å². The average Bonchev–Trinajstić information content (AvgIpc) is 2.38. The standard InChI is InChI=1S/C15H23BrN2O/c1-11-8-14(9-12(2)15(11)16)19-7-6-18-5-4-17-10-13(18)3/h8-9,13,17H,4-7,10H2,1-3H3. The van der Waals surface area contributed by atoms with Gasteiger partial charge in [0.1, 0.15) is 12.4 Å². The highest BCUT2D eigenvalue weighted by molar-refractivity contribution is 9.10. The second kappa shape index (κ2) is 6.73. The molecule has 1 N–H and O–H groups in total. The minimum absolute atomic E-state index is 0.603. The monoisotopic (exact) mass is 326 g/mol. The second-order valence-electron chi connectivity index (χ2n) is 5.31. The lowest BCUT2D eigenvalue weighted by Gasteiger charge is -2.33. The topological polar surface area (TPSA) is 24.5 Å². The molecule has 0 radical (unpaired) electrons. The number of aryl methyl sites for hydroxylation is 2. The van der Waals surface area contributed by atoms with Crippen LogP contribution in [0.3, 0.4) is 0 Å². The number of hydrogen-bond acceptors (Lipinski definition) is 3. The summed E-state index contributed by atoms with van der Waals surface area (Å²) in [5, 5.41) is 3.41. The molecule has 0 aromatic heterocycles. The van der Waals surface area contributed by atoms with E-state index in [1.165, 1.54) is 15.6 Å². The predicted molar refractivity (Wildman–Crippen MR) is 83.0 cm³/mol. The maximum absolute atomic E-state index is 5.89. The van der Waals surface area contributed by atoms with Gasteiger partial charge in [0, 0.05) is 36.7 Å². The number of rotatable bonds is 4. The fourth-order valence-corrected chi connectivity index (χ4v) is 2.71. The Morgan fingerprint density at radius 1 is 1.37 bits per heavy atom. The minimum atomic E-state index is 0.603. The molecule has 19 heavy (non-hydrogen) atoms. The predicted octanol–water partition coefficient (Wildman–Crippen LogP) is 2.74. The Kier molecular flexibility index (Phi) is 5.25. The summed E-state index contributed by atoms with van der Waals surface area (Å²) >= 11 is 3.58. The molecule has 0 spiro atoms. The lowest BCUT2D eigenvalue weighted by Crippen LogP contribution is -2.50. The Balaban J connectivity index is 1.85. The highest BCUT2D eigenvalue weighted by Crippen LogP contribution is 2.26. The largest absolute Gasteiger partial charge is 0.492 e. The molecule has 1 aromatic rings. The van der Waals surface area contributed by atoms with Crippen LogP contribution in [0, 0.1) is 13.8 Å². The van der Waals surface area contributed by atoms with Gasteiger partial charge < -0.3 is 10.1 Å². The molecular formula is C15H23BrN2O. The number of nitrogens with one attached hydrogen (secondary N) is 1. The molecule has 3 nitrogen and oxygen atoms in total. The number of benzene rings is 1. The SMILES string of the molecule is Cc1cc(OCCN2CCNCC2C)cc(C)c1Br. The fraction of sp³-hybridized carbons (Fsp3) is 0.600. The van der Waals surface area contributed by atoms with Crippen LogP contribution < -0.4 is 10.1 Å². The Hall–Kier alpha value is -0.580. The highest BCUT2D eigenvalue weighted by atomic mass is 79.9. The summed E-state index contributed by atoms with van der Waals surface area (Å²) in [5.74, 6) is 0.973. The van der Waals surface area contributed by atoms with Gasteiger partial charge in [-0.05, 0) is 44.0 Å². The van der Waals surface area contributed by atoms with Crippen LogP contribution in [0.4, 0.5) is 0 Å². The van der Waals surface area contributed by atoms with Crippen LogP contribution in [0.2, 0.25) is 0 Å². The minimum Gasteiger partial charge on any atom is -0.492 e. The molecule has 0 bridgehead atoms. The van der Waals surface area contributed by atoms with Crippen LogP contribution in [0.5, 0.6) is 5.75 Å². The van der Waals surface area contributed by atoms with Gasteiger partial charge >= 0.3 is 0 Å². The van der Waals surface area contributed by atoms with Crippen LogP contribution >= 0.6 is 15.9 Å². The zero-order chi connectivity index (χ0) is 13.8. The van der Waals surface area contributed by atoms with Gasteiger partial charge in [0.05, 0.1) is 0 Å². The zero-order valence-corrected chi connectivity index (χ0v) is 13.6. The molecule has 2 rings (SSSR count). The Morgan fingerprint density at radius 3 is 2.68 bits per heavy atom. The van der Waals surface area contributed by atoms with Gasteiger partial charge in [-0.1, -0.05) is 15.9 Å². The third-order valence-electron chi connectivity index (χ3n) is 3.70. The summed E-state index contributed by atoms with van der Waals surface area (Å²) in [7, 11) is 0. The van der Waals surface area contributed by atoms with Crippen molar-refractivity contribution in [2.24, 2.45) is 0 Å². The van der Waals surface area contributed by atoms with Crippen molar-refractivity contribution in [3.8, 4) is 5.75 Å². The summed E-state index contributed by atoms with van der Waals surface area (Å²) in [5.41, 5.74) is 2.45. The van der Waals surface area contributed by atoms with Crippen LogP contribution in [0.15, 0.2) is 16.6 Å². The summed E-state index contributed by atoms with van der Waals surface area (Å²) in [6.45, 7) is 11.5. The maximum Gasteiger partial charge on any atom is 0.119 e. The lowest BCUT2D eigenvalue weighted by molar-refractivity contribution is 0.143. The van der Waals surface area contributed by atoms with E-state index in [0.717, 1.165) is 38.5 Å². The van der Waals surface area contributed by atoms with E-state index in [0.29, 0.717) is 6.04 Å². The van der Waals surface area contributed by atoms with Crippen molar-refractivity contribution >= 4 is 15.9 Å². The third-order valence-corrected chi connectivity index (χ3v) is 4.95. The van der Waals surface area contributed by atoms with Crippen molar-refractivity contribution in [3.05, 3.63) is 27.7 Å². The van der Waals surface area contributed by atoms with E-state index in [9.17, 15) is 0 Å². The Labute approximate surface area is 124 Å². The third kappa shape index (κ3) is 3.94. The van der Waals surface area contributed by atoms with E-state index in [2.05, 4.69) is 59.1 Å². The Bertz CT molecular complexity index is 413. The second-order valence-corrected chi connectivity index (χ2v) is 6.10. The molecule has 106 valence electrons. The molecule has 1 heterocycles. The molecule has 1 aliphatic heterocycles. The van der Waals surface area contributed by atoms with E-state index in [1.807, 2.05) is 0 Å². The van der Waals surface area contributed by atoms with Gasteiger partial charge in [0.25, 0.3) is 0 Å². The van der Waals surface area contributed by atoms with E-state index < -0.39 is 0 Å². The van der Waals surface area contributed by atoms with Gasteiger partial charge in [-0.2, -0.15) is 0 Å². The van der Waals surface area contributed by atoms with Crippen molar-refractivity contribution in [2.45, 2.75) is 26.8 Å². The molecule has 0 amide bonds. The smallest absolute Gasteiger partial charge is 0.119 e. The molecule has 1 aromatic carbocycles. The van der Waals surface area contributed by atoms with Crippen molar-refractivity contribution in [2.75, 3.05) is 32.8 Å². The van der Waals surface area contributed by atoms with E-state index in [-0.39, 0.29) is 0 Å². The number of piperazine rings is 1. The fourth-order valence-electron chi connectivity index (χ4n) is 2.49. The van der Waals surface area contributed by atoms with E-state index in [1.54, 1.807) is 0 Å². The number of ether oxygens (including phenoxy) is 1. The van der Waals surface area contributed by atoms with Crippen LogP contribution in [-0.4, -0.2) is 43.7 Å². The van der Waals surface area contributed by atoms with E-state index in [4.69, 9.17) is 4.74 Å². The zero-order valence-electron chi connectivity index (χ0n) is 12.0. The van der Waals surface area contributed by atoms with Crippen molar-refractivity contribution in [1.29, 1.82) is 0 Å². The van der Waals surface area contributed by atoms with Gasteiger partial charge in [0.2, 0.25) is 0 Å². The average molecular weight is 327 g/mol. The molecule has 4 heteroatoms. The van der Waals surface area contributed by atoms with E-state index >= 15 is 0 Å². The van der Waals surface area contributed by atoms with Crippen LogP contribution in [-0.2, 0) is 0 Å². The number of hydrogen-bond donors (Lipinski definition) is 1. The van der Waals surface area contributed by atoms with Crippen LogP contribution in [0.1, 0.15) is 18.1 Å². The van der Waals surface area contributed by atoms with Gasteiger partial charge in [-0.3, -0.25) is 4.90 Å². The molecule has 0 aliphatic carbocycles. The first-order valence-corrected chi connectivity index (χ1v) is 7.71. The quantitative estimate of drug-likeness (QED) is 0.920. The maximum atomic E-state index is 5.89. The van der Waals surface area contributed by atoms with Crippen molar-refractivity contribution in [1.82, 2.24) is 10.2 Å². The molecule has 1 aliphatic rings. The molecular weight excluding hydrogens is 304 g/mol. The first kappa shape index (κ1) is 14.8. The highest BCUT2D eigenvalue weighted by Gasteiger charge is 2.17. The molecule has 0 saturated carbocycles. The number of nitrogens with zero attached hydrogens (tertiary/aromatic N) is 1. The normalized spacial score (nSPS) is 20.5. The summed E-state index contributed by atoms with van der Waals surface area (Å²) < 4.78 is 7.07. The van der Waals surface area contributed by atoms with Crippen molar-refractivity contribution in [3.63, 3.8) is 0 Å². The number of halogens is 1. The first-order chi connectivity index (χ1) is 9.08. The molecule has 1 unspecified atom stereocenters. The summed E-state index contributed by atoms with van der Waals surface area (Å²) in [6.07, 6.45) is 0. The summed E-state index contributed by atoms with van der Waals surface area (Å²) in [6, 6.07) is 4.79. The summed E-state index contributed by atoms with van der Waals surface area (Å²) in [4.78, 5) is 2.48. The lowest BCUT2D eigenvalue weighted by atomic mass is 10.1. The van der Waals surface area contributed by atoms with Crippen molar-refractivity contribution < 1.29 is 4.74 Å². The van der Waals surface area contributed by atoms with Crippen LogP contribution in [0.25, 0.3) is 0 Å². The first-order valence-electron chi connectivity index (χ1n) is 6.92. The molecule has 1 saturated heterocycles.